The van der Waals surface area contributed by atoms with Gasteiger partial charge >= 0.3 is 0 Å². The molecule has 1 saturated carbocycles. The number of nitrogens with two attached hydrogens (primary N) is 1. The molecule has 0 saturated heterocycles. The normalized spacial score (nSPS) is 31.6. The topological polar surface area (TPSA) is 49.9 Å². The van der Waals surface area contributed by atoms with Crippen LogP contribution in [0.15, 0.2) is 11.8 Å². The number of nitrogens with one attached hydrogen (secondary N) is 1. The average molecular weight is 166 g/mol. The minimum absolute atomic E-state index is 0.544. The second kappa shape index (κ2) is 4.29. The van der Waals surface area contributed by atoms with E-state index < -0.39 is 0 Å². The Hall–Kier alpha value is -0.790. The highest BCUT2D eigenvalue weighted by molar-refractivity contribution is 5.68. The largest absolute Gasteiger partial charge is 0.402 e. The summed E-state index contributed by atoms with van der Waals surface area (Å²) in [4.78, 5) is 0. The molecule has 0 aromatic rings. The van der Waals surface area contributed by atoms with Gasteiger partial charge in [0.1, 0.15) is 0 Å². The molecule has 0 spiro atoms. The fraction of sp³-hybridized carbons (Fsp3) is 0.700. The minimum Gasteiger partial charge on any atom is -0.402 e. The lowest BCUT2D eigenvalue weighted by molar-refractivity contribution is 0.319. The van der Waals surface area contributed by atoms with E-state index >= 15 is 0 Å². The Morgan fingerprint density at radius 3 is 2.42 bits per heavy atom. The molecule has 0 atom stereocenters. The predicted octanol–water partition coefficient (Wildman–Crippen LogP) is 2.30. The predicted molar refractivity (Wildman–Crippen MR) is 52.2 cm³/mol. The van der Waals surface area contributed by atoms with Crippen LogP contribution in [0.5, 0.6) is 0 Å². The first-order valence-corrected chi connectivity index (χ1v) is 4.70. The van der Waals surface area contributed by atoms with Crippen molar-refractivity contribution in [2.45, 2.75) is 32.6 Å². The number of allylic oxidation sites excluding steroid dienone is 2. The lowest BCUT2D eigenvalue weighted by Gasteiger charge is -2.26. The van der Waals surface area contributed by atoms with Crippen molar-refractivity contribution in [3.63, 3.8) is 0 Å². The molecule has 0 aromatic carbocycles. The second-order valence-electron chi connectivity index (χ2n) is 3.79. The van der Waals surface area contributed by atoms with Crippen molar-refractivity contribution in [3.05, 3.63) is 11.8 Å². The fourth-order valence-electron chi connectivity index (χ4n) is 1.83. The molecule has 0 aliphatic heterocycles. The number of rotatable bonds is 2. The number of hydrogen-bond acceptors (Lipinski definition) is 2. The fourth-order valence-corrected chi connectivity index (χ4v) is 1.83. The third-order valence-corrected chi connectivity index (χ3v) is 2.76. The van der Waals surface area contributed by atoms with Crippen molar-refractivity contribution < 1.29 is 0 Å². The van der Waals surface area contributed by atoms with Crippen molar-refractivity contribution in [1.29, 1.82) is 5.41 Å². The first kappa shape index (κ1) is 9.30. The molecule has 0 radical (unpaired) electrons. The van der Waals surface area contributed by atoms with E-state index in [4.69, 9.17) is 11.1 Å². The maximum Gasteiger partial charge on any atom is 0.0194 e. The summed E-state index contributed by atoms with van der Waals surface area (Å²) >= 11 is 0. The van der Waals surface area contributed by atoms with E-state index in [9.17, 15) is 0 Å². The molecule has 1 aliphatic rings. The summed E-state index contributed by atoms with van der Waals surface area (Å²) in [5, 5.41) is 6.91. The van der Waals surface area contributed by atoms with Gasteiger partial charge in [-0.05, 0) is 30.8 Å². The maximum absolute atomic E-state index is 6.91. The van der Waals surface area contributed by atoms with Gasteiger partial charge in [-0.25, -0.2) is 0 Å². The van der Waals surface area contributed by atoms with Gasteiger partial charge in [0, 0.05) is 11.9 Å². The van der Waals surface area contributed by atoms with E-state index in [1.54, 1.807) is 6.08 Å². The van der Waals surface area contributed by atoms with Crippen LogP contribution in [-0.2, 0) is 0 Å². The smallest absolute Gasteiger partial charge is 0.0194 e. The van der Waals surface area contributed by atoms with Crippen LogP contribution in [0.3, 0.4) is 0 Å². The molecule has 1 rings (SSSR count). The van der Waals surface area contributed by atoms with Crippen LogP contribution in [-0.4, -0.2) is 6.21 Å². The SMILES string of the molecule is CC1CCC(/C(N)=C/C=N)CC1. The molecule has 0 aromatic heterocycles. The van der Waals surface area contributed by atoms with Gasteiger partial charge in [0.15, 0.2) is 0 Å². The molecule has 68 valence electrons. The minimum atomic E-state index is 0.544. The molecule has 0 amide bonds. The monoisotopic (exact) mass is 166 g/mol. The highest BCUT2D eigenvalue weighted by Gasteiger charge is 2.19. The average Bonchev–Trinajstić information content (AvgIpc) is 2.06. The zero-order chi connectivity index (χ0) is 8.97. The Bertz CT molecular complexity index is 176. The van der Waals surface area contributed by atoms with Crippen molar-refractivity contribution >= 4 is 6.21 Å². The highest BCUT2D eigenvalue weighted by atomic mass is 14.6. The van der Waals surface area contributed by atoms with Crippen molar-refractivity contribution in [1.82, 2.24) is 0 Å². The summed E-state index contributed by atoms with van der Waals surface area (Å²) < 4.78 is 0. The summed E-state index contributed by atoms with van der Waals surface area (Å²) in [6.07, 6.45) is 8.00. The lowest BCUT2D eigenvalue weighted by Crippen LogP contribution is -2.18. The van der Waals surface area contributed by atoms with Crippen LogP contribution >= 0.6 is 0 Å². The molecular formula is C10H18N2. The summed E-state index contributed by atoms with van der Waals surface area (Å²) in [5.74, 6) is 1.41. The molecule has 1 fully saturated rings. The van der Waals surface area contributed by atoms with Crippen LogP contribution in [0, 0.1) is 17.2 Å². The van der Waals surface area contributed by atoms with E-state index in [1.165, 1.54) is 31.9 Å². The third kappa shape index (κ3) is 2.36. The molecular weight excluding hydrogens is 148 g/mol. The van der Waals surface area contributed by atoms with Gasteiger partial charge in [-0.3, -0.25) is 0 Å². The van der Waals surface area contributed by atoms with Crippen LogP contribution in [0.1, 0.15) is 32.6 Å². The summed E-state index contributed by atoms with van der Waals surface area (Å²) in [7, 11) is 0. The Balaban J connectivity index is 2.44. The maximum atomic E-state index is 6.91. The second-order valence-corrected chi connectivity index (χ2v) is 3.79. The van der Waals surface area contributed by atoms with E-state index in [-0.39, 0.29) is 0 Å². The highest BCUT2D eigenvalue weighted by Crippen LogP contribution is 2.30. The summed E-state index contributed by atoms with van der Waals surface area (Å²) in [5.41, 5.74) is 6.71. The molecule has 0 bridgehead atoms. The van der Waals surface area contributed by atoms with Crippen molar-refractivity contribution in [2.75, 3.05) is 0 Å². The van der Waals surface area contributed by atoms with Crippen LogP contribution in [0.2, 0.25) is 0 Å². The standard InChI is InChI=1S/C10H18N2/c1-8-2-4-9(5-3-8)10(12)6-7-11/h6-9,11H,2-5,12H2,1H3/b10-6-,11-7?. The molecule has 2 heteroatoms. The first-order valence-electron chi connectivity index (χ1n) is 4.70. The van der Waals surface area contributed by atoms with E-state index in [0.717, 1.165) is 11.6 Å². The first-order chi connectivity index (χ1) is 5.74. The van der Waals surface area contributed by atoms with E-state index in [1.807, 2.05) is 0 Å². The summed E-state index contributed by atoms with van der Waals surface area (Å²) in [6, 6.07) is 0. The van der Waals surface area contributed by atoms with E-state index in [0.29, 0.717) is 5.92 Å². The summed E-state index contributed by atoms with van der Waals surface area (Å²) in [6.45, 7) is 2.30. The zero-order valence-electron chi connectivity index (χ0n) is 7.72. The Kier molecular flexibility index (Phi) is 3.32. The Morgan fingerprint density at radius 1 is 1.33 bits per heavy atom. The molecule has 2 nitrogen and oxygen atoms in total. The van der Waals surface area contributed by atoms with Gasteiger partial charge in [-0.2, -0.15) is 0 Å². The molecule has 3 N–H and O–H groups in total. The van der Waals surface area contributed by atoms with Crippen LogP contribution < -0.4 is 5.73 Å². The van der Waals surface area contributed by atoms with Gasteiger partial charge in [0.2, 0.25) is 0 Å². The van der Waals surface area contributed by atoms with Crippen molar-refractivity contribution in [3.8, 4) is 0 Å². The molecule has 12 heavy (non-hydrogen) atoms. The Labute approximate surface area is 74.4 Å². The van der Waals surface area contributed by atoms with Gasteiger partial charge in [0.05, 0.1) is 0 Å². The third-order valence-electron chi connectivity index (χ3n) is 2.76. The molecule has 0 unspecified atom stereocenters. The molecule has 0 heterocycles. The van der Waals surface area contributed by atoms with Crippen molar-refractivity contribution in [2.24, 2.45) is 17.6 Å². The van der Waals surface area contributed by atoms with E-state index in [2.05, 4.69) is 6.92 Å². The number of hydrogen-bond donors (Lipinski definition) is 2. The van der Waals surface area contributed by atoms with Crippen LogP contribution in [0.4, 0.5) is 0 Å². The quantitative estimate of drug-likeness (QED) is 0.608. The Morgan fingerprint density at radius 2 is 1.92 bits per heavy atom. The zero-order valence-corrected chi connectivity index (χ0v) is 7.72. The van der Waals surface area contributed by atoms with Gasteiger partial charge in [0.25, 0.3) is 0 Å². The molecule has 1 aliphatic carbocycles. The van der Waals surface area contributed by atoms with Gasteiger partial charge in [-0.15, -0.1) is 0 Å². The lowest BCUT2D eigenvalue weighted by atomic mass is 9.81. The van der Waals surface area contributed by atoms with Crippen LogP contribution in [0.25, 0.3) is 0 Å². The van der Waals surface area contributed by atoms with Gasteiger partial charge in [-0.1, -0.05) is 19.8 Å². The van der Waals surface area contributed by atoms with Gasteiger partial charge < -0.3 is 11.1 Å².